The summed E-state index contributed by atoms with van der Waals surface area (Å²) in [5, 5.41) is 23.7. The van der Waals surface area contributed by atoms with Gasteiger partial charge in [-0.05, 0) is 0 Å². The molecule has 2 aromatic heterocycles. The van der Waals surface area contributed by atoms with Crippen molar-refractivity contribution in [3.63, 3.8) is 0 Å². The summed E-state index contributed by atoms with van der Waals surface area (Å²) in [5.41, 5.74) is 0.924. The largest absolute Gasteiger partial charge is 0.192 e. The second-order valence-electron chi connectivity index (χ2n) is 2.04. The van der Waals surface area contributed by atoms with E-state index in [1.54, 1.807) is 0 Å². The number of thiophene rings is 2. The number of nitrogens with zero attached hydrogens (tertiary/aromatic N) is 2. The summed E-state index contributed by atoms with van der Waals surface area (Å²) < 4.78 is 0.947. The third kappa shape index (κ3) is 0.831. The number of hydrogen-bond acceptors (Lipinski definition) is 4. The SMILES string of the molecule is N#Cc1[c]sc2s[c]c(C#N)c12. The van der Waals surface area contributed by atoms with Gasteiger partial charge in [-0.1, -0.05) is 0 Å². The lowest BCUT2D eigenvalue weighted by atomic mass is 10.2. The van der Waals surface area contributed by atoms with Crippen molar-refractivity contribution < 1.29 is 0 Å². The van der Waals surface area contributed by atoms with Gasteiger partial charge in [0.25, 0.3) is 0 Å². The van der Waals surface area contributed by atoms with Crippen molar-refractivity contribution in [3.8, 4) is 12.1 Å². The fraction of sp³-hybridized carbons (Fsp3) is 0. The Kier molecular flexibility index (Phi) is 1.58. The minimum Gasteiger partial charge on any atom is -0.192 e. The van der Waals surface area contributed by atoms with E-state index < -0.39 is 0 Å². The first-order chi connectivity index (χ1) is 5.86. The summed E-state index contributed by atoms with van der Waals surface area (Å²) in [7, 11) is 0. The molecule has 0 N–H and O–H groups in total. The molecule has 12 heavy (non-hydrogen) atoms. The maximum Gasteiger partial charge on any atom is 0.101 e. The Labute approximate surface area is 76.9 Å². The summed E-state index contributed by atoms with van der Waals surface area (Å²) in [5.74, 6) is 0. The molecule has 0 saturated heterocycles. The lowest BCUT2D eigenvalue weighted by Crippen LogP contribution is -1.70. The second-order valence-corrected chi connectivity index (χ2v) is 3.94. The predicted molar refractivity (Wildman–Crippen MR) is 46.8 cm³/mol. The van der Waals surface area contributed by atoms with Crippen molar-refractivity contribution in [1.29, 1.82) is 10.5 Å². The zero-order valence-electron chi connectivity index (χ0n) is 5.71. The van der Waals surface area contributed by atoms with Gasteiger partial charge in [-0.2, -0.15) is 10.5 Å². The van der Waals surface area contributed by atoms with Crippen molar-refractivity contribution in [1.82, 2.24) is 0 Å². The molecular weight excluding hydrogens is 188 g/mol. The van der Waals surface area contributed by atoms with Crippen LogP contribution in [0, 0.1) is 33.4 Å². The number of fused-ring (bicyclic) bond motifs is 1. The molecule has 0 saturated carbocycles. The Hall–Kier alpha value is -1.36. The smallest absolute Gasteiger partial charge is 0.101 e. The van der Waals surface area contributed by atoms with Crippen LogP contribution in [0.25, 0.3) is 9.40 Å². The molecule has 2 nitrogen and oxygen atoms in total. The van der Waals surface area contributed by atoms with E-state index in [0.29, 0.717) is 11.1 Å². The van der Waals surface area contributed by atoms with Crippen LogP contribution in [0.5, 0.6) is 0 Å². The van der Waals surface area contributed by atoms with Crippen LogP contribution < -0.4 is 0 Å². The first-order valence-electron chi connectivity index (χ1n) is 3.01. The molecule has 54 valence electrons. The maximum absolute atomic E-state index is 8.67. The van der Waals surface area contributed by atoms with E-state index in [9.17, 15) is 0 Å². The minimum absolute atomic E-state index is 0.462. The fourth-order valence-electron chi connectivity index (χ4n) is 0.906. The monoisotopic (exact) mass is 188 g/mol. The van der Waals surface area contributed by atoms with Crippen LogP contribution in [0.15, 0.2) is 0 Å². The van der Waals surface area contributed by atoms with Gasteiger partial charge in [0, 0.05) is 5.39 Å². The summed E-state index contributed by atoms with van der Waals surface area (Å²) >= 11 is 2.73. The summed E-state index contributed by atoms with van der Waals surface area (Å²) in [6, 6.07) is 4.00. The molecule has 0 aromatic carbocycles. The van der Waals surface area contributed by atoms with Gasteiger partial charge in [0.05, 0.1) is 25.9 Å². The van der Waals surface area contributed by atoms with Crippen molar-refractivity contribution in [3.05, 3.63) is 21.9 Å². The Balaban J connectivity index is 2.93. The first kappa shape index (κ1) is 7.30. The van der Waals surface area contributed by atoms with E-state index in [4.69, 9.17) is 10.5 Å². The van der Waals surface area contributed by atoms with E-state index >= 15 is 0 Å². The molecule has 2 heterocycles. The van der Waals surface area contributed by atoms with Gasteiger partial charge in [-0.3, -0.25) is 0 Å². The zero-order valence-corrected chi connectivity index (χ0v) is 7.34. The molecule has 2 radical (unpaired) electrons. The average Bonchev–Trinajstić information content (AvgIpc) is 2.62. The van der Waals surface area contributed by atoms with Crippen molar-refractivity contribution in [2.45, 2.75) is 0 Å². The molecule has 2 rings (SSSR count). The average molecular weight is 188 g/mol. The molecule has 0 aliphatic rings. The van der Waals surface area contributed by atoms with Crippen molar-refractivity contribution in [2.75, 3.05) is 0 Å². The van der Waals surface area contributed by atoms with Gasteiger partial charge < -0.3 is 0 Å². The molecular formula is C8N2S2. The normalized spacial score (nSPS) is 9.50. The standard InChI is InChI=1S/C8N2S2/c9-1-5-3-11-8-7(5)6(2-10)4-12-8. The Morgan fingerprint density at radius 2 is 1.50 bits per heavy atom. The van der Waals surface area contributed by atoms with E-state index in [1.165, 1.54) is 22.7 Å². The molecule has 0 unspecified atom stereocenters. The Bertz CT molecular complexity index is 464. The predicted octanol–water partition coefficient (Wildman–Crippen LogP) is 2.31. The van der Waals surface area contributed by atoms with E-state index in [-0.39, 0.29) is 0 Å². The molecule has 2 aromatic rings. The second kappa shape index (κ2) is 2.60. The van der Waals surface area contributed by atoms with Gasteiger partial charge >= 0.3 is 0 Å². The van der Waals surface area contributed by atoms with Gasteiger partial charge in [0.15, 0.2) is 0 Å². The highest BCUT2D eigenvalue weighted by atomic mass is 32.2. The molecule has 0 spiro atoms. The fourth-order valence-corrected chi connectivity index (χ4v) is 2.62. The molecule has 0 fully saturated rings. The molecule has 0 amide bonds. The highest BCUT2D eigenvalue weighted by Crippen LogP contribution is 2.32. The molecule has 0 aliphatic carbocycles. The minimum atomic E-state index is 0.462. The molecule has 4 heteroatoms. The lowest BCUT2D eigenvalue weighted by Gasteiger charge is -1.78. The summed E-state index contributed by atoms with van der Waals surface area (Å²) in [6.07, 6.45) is 0. The maximum atomic E-state index is 8.67. The summed E-state index contributed by atoms with van der Waals surface area (Å²) in [6.45, 7) is 0. The molecule has 0 atom stereocenters. The Morgan fingerprint density at radius 1 is 1.00 bits per heavy atom. The van der Waals surface area contributed by atoms with Gasteiger partial charge in [-0.25, -0.2) is 0 Å². The third-order valence-electron chi connectivity index (χ3n) is 1.42. The van der Waals surface area contributed by atoms with E-state index in [0.717, 1.165) is 9.40 Å². The molecule has 0 aliphatic heterocycles. The number of hydrogen-bond donors (Lipinski definition) is 0. The van der Waals surface area contributed by atoms with Crippen LogP contribution in [-0.4, -0.2) is 0 Å². The van der Waals surface area contributed by atoms with Crippen LogP contribution in [0.4, 0.5) is 0 Å². The number of nitriles is 2. The van der Waals surface area contributed by atoms with E-state index in [2.05, 4.69) is 10.8 Å². The van der Waals surface area contributed by atoms with Crippen LogP contribution in [-0.2, 0) is 0 Å². The van der Waals surface area contributed by atoms with Crippen LogP contribution in [0.1, 0.15) is 11.1 Å². The van der Waals surface area contributed by atoms with Gasteiger partial charge in [-0.15, -0.1) is 22.7 Å². The summed E-state index contributed by atoms with van der Waals surface area (Å²) in [4.78, 5) is 0. The number of rotatable bonds is 0. The van der Waals surface area contributed by atoms with Crippen LogP contribution in [0.2, 0.25) is 0 Å². The van der Waals surface area contributed by atoms with Crippen LogP contribution >= 0.6 is 22.7 Å². The highest BCUT2D eigenvalue weighted by molar-refractivity contribution is 7.36. The Morgan fingerprint density at radius 3 is 1.92 bits per heavy atom. The van der Waals surface area contributed by atoms with Gasteiger partial charge in [0.2, 0.25) is 0 Å². The topological polar surface area (TPSA) is 47.6 Å². The zero-order chi connectivity index (χ0) is 8.55. The third-order valence-corrected chi connectivity index (χ3v) is 3.31. The quantitative estimate of drug-likeness (QED) is 0.636. The van der Waals surface area contributed by atoms with Crippen molar-refractivity contribution >= 4 is 32.1 Å². The van der Waals surface area contributed by atoms with E-state index in [1.807, 2.05) is 12.1 Å². The highest BCUT2D eigenvalue weighted by Gasteiger charge is 2.10. The first-order valence-corrected chi connectivity index (χ1v) is 4.65. The van der Waals surface area contributed by atoms with Crippen molar-refractivity contribution in [2.24, 2.45) is 0 Å². The lowest BCUT2D eigenvalue weighted by molar-refractivity contribution is 1.50. The van der Waals surface area contributed by atoms with Crippen LogP contribution in [0.3, 0.4) is 0 Å². The van der Waals surface area contributed by atoms with Gasteiger partial charge in [0.1, 0.15) is 12.1 Å². The molecule has 0 bridgehead atoms.